The van der Waals surface area contributed by atoms with E-state index in [4.69, 9.17) is 4.98 Å². The van der Waals surface area contributed by atoms with Crippen LogP contribution in [0.3, 0.4) is 0 Å². The zero-order chi connectivity index (χ0) is 18.3. The van der Waals surface area contributed by atoms with E-state index in [1.165, 1.54) is 16.0 Å². The fourth-order valence-electron chi connectivity index (χ4n) is 3.72. The number of thiophene rings is 1. The molecule has 134 valence electrons. The van der Waals surface area contributed by atoms with Gasteiger partial charge in [-0.1, -0.05) is 30.3 Å². The van der Waals surface area contributed by atoms with Gasteiger partial charge in [-0.15, -0.1) is 11.3 Å². The van der Waals surface area contributed by atoms with Crippen molar-refractivity contribution in [2.75, 3.05) is 18.0 Å². The monoisotopic (exact) mass is 367 g/mol. The summed E-state index contributed by atoms with van der Waals surface area (Å²) in [6.07, 6.45) is 1.31. The van der Waals surface area contributed by atoms with Crippen molar-refractivity contribution in [1.82, 2.24) is 9.97 Å². The van der Waals surface area contributed by atoms with E-state index in [0.29, 0.717) is 25.9 Å². The minimum Gasteiger partial charge on any atom is -0.481 e. The molecule has 1 N–H and O–H groups in total. The molecule has 1 aromatic carbocycles. The number of carboxylic acid groups (broad SMARTS) is 1. The third kappa shape index (κ3) is 2.94. The number of rotatable bonds is 3. The lowest BCUT2D eigenvalue weighted by Gasteiger charge is -2.31. The summed E-state index contributed by atoms with van der Waals surface area (Å²) in [5.41, 5.74) is 2.37. The maximum absolute atomic E-state index is 11.3. The molecule has 0 amide bonds. The summed E-state index contributed by atoms with van der Waals surface area (Å²) >= 11 is 1.70. The summed E-state index contributed by atoms with van der Waals surface area (Å²) in [5.74, 6) is 0.765. The van der Waals surface area contributed by atoms with E-state index < -0.39 is 5.97 Å². The average molecular weight is 367 g/mol. The fourth-order valence-corrected chi connectivity index (χ4v) is 4.80. The number of nitrogens with zero attached hydrogens (tertiary/aromatic N) is 3. The van der Waals surface area contributed by atoms with E-state index >= 15 is 0 Å². The lowest BCUT2D eigenvalue weighted by atomic mass is 9.96. The number of aromatic nitrogens is 2. The van der Waals surface area contributed by atoms with Crippen molar-refractivity contribution >= 4 is 33.3 Å². The quantitative estimate of drug-likeness (QED) is 0.748. The number of hydrogen-bond donors (Lipinski definition) is 1. The first kappa shape index (κ1) is 17.0. The number of benzene rings is 1. The number of hydrogen-bond acceptors (Lipinski definition) is 5. The Balaban J connectivity index is 1.83. The Morgan fingerprint density at radius 2 is 1.85 bits per heavy atom. The molecule has 0 spiro atoms. The average Bonchev–Trinajstić information content (AvgIpc) is 2.97. The van der Waals surface area contributed by atoms with E-state index in [1.807, 2.05) is 25.1 Å². The summed E-state index contributed by atoms with van der Waals surface area (Å²) in [6, 6.07) is 10.4. The van der Waals surface area contributed by atoms with Crippen molar-refractivity contribution in [3.63, 3.8) is 0 Å². The van der Waals surface area contributed by atoms with Gasteiger partial charge in [0.25, 0.3) is 0 Å². The molecule has 1 aliphatic rings. The Hall–Kier alpha value is -2.47. The van der Waals surface area contributed by atoms with E-state index in [2.05, 4.69) is 28.9 Å². The second-order valence-corrected chi connectivity index (χ2v) is 7.98. The number of aryl methyl sites for hydroxylation is 2. The highest BCUT2D eigenvalue weighted by atomic mass is 32.1. The van der Waals surface area contributed by atoms with Gasteiger partial charge < -0.3 is 10.0 Å². The molecule has 0 unspecified atom stereocenters. The Morgan fingerprint density at radius 1 is 1.15 bits per heavy atom. The molecule has 0 bridgehead atoms. The molecule has 0 aliphatic carbocycles. The van der Waals surface area contributed by atoms with Crippen LogP contribution in [0.1, 0.15) is 23.5 Å². The Morgan fingerprint density at radius 3 is 2.50 bits per heavy atom. The molecule has 26 heavy (non-hydrogen) atoms. The molecular formula is C20H21N3O2S. The second kappa shape index (κ2) is 6.68. The maximum Gasteiger partial charge on any atom is 0.306 e. The van der Waals surface area contributed by atoms with Crippen molar-refractivity contribution in [2.24, 2.45) is 5.92 Å². The summed E-state index contributed by atoms with van der Waals surface area (Å²) in [7, 11) is 0. The lowest BCUT2D eigenvalue weighted by Crippen LogP contribution is -2.37. The maximum atomic E-state index is 11.3. The smallest absolute Gasteiger partial charge is 0.306 e. The third-order valence-corrected chi connectivity index (χ3v) is 6.03. The largest absolute Gasteiger partial charge is 0.481 e. The standard InChI is InChI=1S/C20H21N3O2S/c1-12-16(14-6-4-3-5-7-14)17-18(21-13(2)22-19(17)26-12)23-10-8-15(9-11-23)20(24)25/h3-7,15H,8-11H2,1-2H3,(H,24,25). The van der Waals surface area contributed by atoms with Crippen molar-refractivity contribution in [3.8, 4) is 11.1 Å². The van der Waals surface area contributed by atoms with Crippen LogP contribution in [0.2, 0.25) is 0 Å². The molecule has 1 fully saturated rings. The fraction of sp³-hybridized carbons (Fsp3) is 0.350. The number of fused-ring (bicyclic) bond motifs is 1. The molecule has 5 nitrogen and oxygen atoms in total. The second-order valence-electron chi connectivity index (χ2n) is 6.77. The van der Waals surface area contributed by atoms with Crippen molar-refractivity contribution < 1.29 is 9.90 Å². The Labute approximate surface area is 156 Å². The first-order valence-electron chi connectivity index (χ1n) is 8.85. The number of carbonyl (C=O) groups is 1. The van der Waals surface area contributed by atoms with Gasteiger partial charge in [0.15, 0.2) is 0 Å². The zero-order valence-electron chi connectivity index (χ0n) is 14.9. The number of anilines is 1. The van der Waals surface area contributed by atoms with Crippen LogP contribution in [0, 0.1) is 19.8 Å². The van der Waals surface area contributed by atoms with Crippen LogP contribution in [-0.2, 0) is 4.79 Å². The van der Waals surface area contributed by atoms with Crippen LogP contribution >= 0.6 is 11.3 Å². The molecule has 1 aliphatic heterocycles. The van der Waals surface area contributed by atoms with Crippen molar-refractivity contribution in [1.29, 1.82) is 0 Å². The van der Waals surface area contributed by atoms with Crippen LogP contribution in [0.4, 0.5) is 5.82 Å². The molecule has 3 heterocycles. The molecule has 0 radical (unpaired) electrons. The number of aliphatic carboxylic acids is 1. The van der Waals surface area contributed by atoms with Crippen molar-refractivity contribution in [3.05, 3.63) is 41.0 Å². The predicted octanol–water partition coefficient (Wildman–Crippen LogP) is 4.28. The zero-order valence-corrected chi connectivity index (χ0v) is 15.7. The van der Waals surface area contributed by atoms with Gasteiger partial charge in [-0.2, -0.15) is 0 Å². The van der Waals surface area contributed by atoms with Gasteiger partial charge in [-0.05, 0) is 32.3 Å². The third-order valence-electron chi connectivity index (χ3n) is 5.03. The van der Waals surface area contributed by atoms with Crippen LogP contribution < -0.4 is 4.90 Å². The SMILES string of the molecule is Cc1nc(N2CCC(C(=O)O)CC2)c2c(-c3ccccc3)c(C)sc2n1. The number of carboxylic acids is 1. The van der Waals surface area contributed by atoms with Gasteiger partial charge in [-0.3, -0.25) is 4.79 Å². The Kier molecular flexibility index (Phi) is 4.36. The van der Waals surface area contributed by atoms with Gasteiger partial charge in [0, 0.05) is 23.5 Å². The first-order valence-corrected chi connectivity index (χ1v) is 9.67. The van der Waals surface area contributed by atoms with E-state index in [9.17, 15) is 9.90 Å². The molecule has 6 heteroatoms. The topological polar surface area (TPSA) is 66.3 Å². The first-order chi connectivity index (χ1) is 12.5. The number of piperidine rings is 1. The normalized spacial score (nSPS) is 15.5. The van der Waals surface area contributed by atoms with Crippen molar-refractivity contribution in [2.45, 2.75) is 26.7 Å². The highest BCUT2D eigenvalue weighted by Gasteiger charge is 2.28. The minimum absolute atomic E-state index is 0.248. The summed E-state index contributed by atoms with van der Waals surface area (Å²) in [4.78, 5) is 25.2. The summed E-state index contributed by atoms with van der Waals surface area (Å²) in [6.45, 7) is 5.48. The van der Waals surface area contributed by atoms with Crippen LogP contribution in [0.25, 0.3) is 21.3 Å². The van der Waals surface area contributed by atoms with Crippen LogP contribution in [0.15, 0.2) is 30.3 Å². The molecule has 0 saturated carbocycles. The van der Waals surface area contributed by atoms with E-state index in [0.717, 1.165) is 21.9 Å². The van der Waals surface area contributed by atoms with Crippen LogP contribution in [-0.4, -0.2) is 34.1 Å². The van der Waals surface area contributed by atoms with E-state index in [-0.39, 0.29) is 5.92 Å². The minimum atomic E-state index is -0.690. The predicted molar refractivity (Wildman–Crippen MR) is 105 cm³/mol. The lowest BCUT2D eigenvalue weighted by molar-refractivity contribution is -0.142. The Bertz CT molecular complexity index is 960. The highest BCUT2D eigenvalue weighted by Crippen LogP contribution is 2.42. The molecule has 3 aromatic rings. The highest BCUT2D eigenvalue weighted by molar-refractivity contribution is 7.19. The molecule has 0 atom stereocenters. The molecular weight excluding hydrogens is 346 g/mol. The summed E-state index contributed by atoms with van der Waals surface area (Å²) < 4.78 is 0. The van der Waals surface area contributed by atoms with Gasteiger partial charge in [0.05, 0.1) is 11.3 Å². The molecule has 4 rings (SSSR count). The van der Waals surface area contributed by atoms with Gasteiger partial charge in [0.2, 0.25) is 0 Å². The van der Waals surface area contributed by atoms with E-state index in [1.54, 1.807) is 11.3 Å². The van der Waals surface area contributed by atoms with Gasteiger partial charge in [0.1, 0.15) is 16.5 Å². The molecule has 2 aromatic heterocycles. The molecule has 1 saturated heterocycles. The van der Waals surface area contributed by atoms with Gasteiger partial charge >= 0.3 is 5.97 Å². The summed E-state index contributed by atoms with van der Waals surface area (Å²) in [5, 5.41) is 10.4. The van der Waals surface area contributed by atoms with Gasteiger partial charge in [-0.25, -0.2) is 9.97 Å². The van der Waals surface area contributed by atoms with Crippen LogP contribution in [0.5, 0.6) is 0 Å².